The molecule has 2 aromatic carbocycles. The quantitative estimate of drug-likeness (QED) is 0.865. The minimum absolute atomic E-state index is 0.102. The summed E-state index contributed by atoms with van der Waals surface area (Å²) < 4.78 is 13.0. The van der Waals surface area contributed by atoms with Crippen LogP contribution in [-0.2, 0) is 0 Å². The Morgan fingerprint density at radius 3 is 2.06 bits per heavy atom. The summed E-state index contributed by atoms with van der Waals surface area (Å²) in [5, 5.41) is 3.28. The molecule has 0 saturated carbocycles. The Balaban J connectivity index is 2.38. The van der Waals surface area contributed by atoms with Crippen LogP contribution in [0.15, 0.2) is 42.5 Å². The van der Waals surface area contributed by atoms with E-state index in [1.807, 2.05) is 19.2 Å². The van der Waals surface area contributed by atoms with E-state index < -0.39 is 0 Å². The Morgan fingerprint density at radius 1 is 0.889 bits per heavy atom. The summed E-state index contributed by atoms with van der Waals surface area (Å²) in [7, 11) is 1.92. The van der Waals surface area contributed by atoms with Crippen LogP contribution in [0.3, 0.4) is 0 Å². The summed E-state index contributed by atoms with van der Waals surface area (Å²) in [4.78, 5) is 0. The predicted octanol–water partition coefficient (Wildman–Crippen LogP) is 3.75. The molecule has 0 aliphatic heterocycles. The Bertz CT molecular complexity index is 531. The van der Waals surface area contributed by atoms with Crippen LogP contribution < -0.4 is 5.32 Å². The third-order valence-electron chi connectivity index (χ3n) is 3.36. The highest BCUT2D eigenvalue weighted by atomic mass is 19.1. The number of nitrogens with one attached hydrogen (secondary N) is 1. The fourth-order valence-electron chi connectivity index (χ4n) is 2.13. The molecular weight excluding hydrogens is 225 g/mol. The molecule has 0 bridgehead atoms. The molecule has 0 heterocycles. The van der Waals surface area contributed by atoms with Gasteiger partial charge in [0.2, 0.25) is 0 Å². The van der Waals surface area contributed by atoms with E-state index in [0.717, 1.165) is 5.56 Å². The first-order valence-corrected chi connectivity index (χ1v) is 6.11. The van der Waals surface area contributed by atoms with Crippen LogP contribution in [0.1, 0.15) is 28.3 Å². The Labute approximate surface area is 108 Å². The molecule has 0 fully saturated rings. The third kappa shape index (κ3) is 2.59. The standard InChI is InChI=1S/C16H18FN/c1-11-4-5-14(10-12(11)2)16(18-3)13-6-8-15(17)9-7-13/h4-10,16,18H,1-3H3. The zero-order valence-corrected chi connectivity index (χ0v) is 11.0. The molecule has 94 valence electrons. The van der Waals surface area contributed by atoms with Gasteiger partial charge in [-0.3, -0.25) is 0 Å². The van der Waals surface area contributed by atoms with Crippen molar-refractivity contribution in [3.05, 3.63) is 70.5 Å². The predicted molar refractivity (Wildman–Crippen MR) is 73.2 cm³/mol. The van der Waals surface area contributed by atoms with Crippen LogP contribution in [0.2, 0.25) is 0 Å². The van der Waals surface area contributed by atoms with Crippen LogP contribution >= 0.6 is 0 Å². The van der Waals surface area contributed by atoms with Crippen molar-refractivity contribution >= 4 is 0 Å². The van der Waals surface area contributed by atoms with Crippen molar-refractivity contribution in [1.29, 1.82) is 0 Å². The van der Waals surface area contributed by atoms with Crippen LogP contribution in [0, 0.1) is 19.7 Å². The first kappa shape index (κ1) is 12.8. The molecule has 0 aromatic heterocycles. The van der Waals surface area contributed by atoms with E-state index >= 15 is 0 Å². The highest BCUT2D eigenvalue weighted by Gasteiger charge is 2.12. The van der Waals surface area contributed by atoms with E-state index in [-0.39, 0.29) is 11.9 Å². The van der Waals surface area contributed by atoms with Gasteiger partial charge in [0.1, 0.15) is 5.82 Å². The summed E-state index contributed by atoms with van der Waals surface area (Å²) in [6.45, 7) is 4.21. The maximum absolute atomic E-state index is 13.0. The molecule has 1 unspecified atom stereocenters. The molecule has 0 saturated heterocycles. The first-order valence-electron chi connectivity index (χ1n) is 6.11. The molecule has 0 spiro atoms. The van der Waals surface area contributed by atoms with E-state index in [9.17, 15) is 4.39 Å². The van der Waals surface area contributed by atoms with Gasteiger partial charge in [0.15, 0.2) is 0 Å². The summed E-state index contributed by atoms with van der Waals surface area (Å²) in [6.07, 6.45) is 0. The maximum atomic E-state index is 13.0. The second-order valence-electron chi connectivity index (χ2n) is 4.62. The van der Waals surface area contributed by atoms with Crippen molar-refractivity contribution < 1.29 is 4.39 Å². The minimum Gasteiger partial charge on any atom is -0.309 e. The molecule has 0 amide bonds. The number of rotatable bonds is 3. The molecule has 2 heteroatoms. The SMILES string of the molecule is CNC(c1ccc(F)cc1)c1ccc(C)c(C)c1. The third-order valence-corrected chi connectivity index (χ3v) is 3.36. The van der Waals surface area contributed by atoms with Gasteiger partial charge in [-0.2, -0.15) is 0 Å². The van der Waals surface area contributed by atoms with Gasteiger partial charge >= 0.3 is 0 Å². The van der Waals surface area contributed by atoms with E-state index in [1.54, 1.807) is 0 Å². The molecule has 1 N–H and O–H groups in total. The highest BCUT2D eigenvalue weighted by Crippen LogP contribution is 2.23. The molecule has 18 heavy (non-hydrogen) atoms. The number of hydrogen-bond acceptors (Lipinski definition) is 1. The van der Waals surface area contributed by atoms with E-state index in [0.29, 0.717) is 0 Å². The summed E-state index contributed by atoms with van der Waals surface area (Å²) in [5.41, 5.74) is 4.83. The van der Waals surface area contributed by atoms with Crippen LogP contribution in [0.4, 0.5) is 4.39 Å². The minimum atomic E-state index is -0.200. The van der Waals surface area contributed by atoms with Gasteiger partial charge in [-0.15, -0.1) is 0 Å². The zero-order chi connectivity index (χ0) is 13.1. The summed E-state index contributed by atoms with van der Waals surface area (Å²) in [5.74, 6) is -0.200. The zero-order valence-electron chi connectivity index (χ0n) is 11.0. The fraction of sp³-hybridized carbons (Fsp3) is 0.250. The Kier molecular flexibility index (Phi) is 3.78. The van der Waals surface area contributed by atoms with E-state index in [4.69, 9.17) is 0 Å². The van der Waals surface area contributed by atoms with E-state index in [2.05, 4.69) is 37.4 Å². The van der Waals surface area contributed by atoms with Gasteiger partial charge in [-0.1, -0.05) is 30.3 Å². The number of benzene rings is 2. The molecule has 2 rings (SSSR count). The van der Waals surface area contributed by atoms with Crippen LogP contribution in [0.5, 0.6) is 0 Å². The molecule has 1 atom stereocenters. The number of hydrogen-bond donors (Lipinski definition) is 1. The molecule has 0 aliphatic carbocycles. The lowest BCUT2D eigenvalue weighted by molar-refractivity contribution is 0.623. The lowest BCUT2D eigenvalue weighted by Gasteiger charge is -2.18. The number of aryl methyl sites for hydroxylation is 2. The largest absolute Gasteiger partial charge is 0.309 e. The van der Waals surface area contributed by atoms with Crippen molar-refractivity contribution in [2.75, 3.05) is 7.05 Å². The maximum Gasteiger partial charge on any atom is 0.123 e. The molecular formula is C16H18FN. The fourth-order valence-corrected chi connectivity index (χ4v) is 2.13. The lowest BCUT2D eigenvalue weighted by Crippen LogP contribution is -2.17. The second-order valence-corrected chi connectivity index (χ2v) is 4.62. The molecule has 0 radical (unpaired) electrons. The highest BCUT2D eigenvalue weighted by molar-refractivity contribution is 5.37. The van der Waals surface area contributed by atoms with Crippen molar-refractivity contribution in [2.45, 2.75) is 19.9 Å². The van der Waals surface area contributed by atoms with E-state index in [1.165, 1.54) is 28.8 Å². The Morgan fingerprint density at radius 2 is 1.50 bits per heavy atom. The normalized spacial score (nSPS) is 12.4. The monoisotopic (exact) mass is 243 g/mol. The lowest BCUT2D eigenvalue weighted by atomic mass is 9.96. The van der Waals surface area contributed by atoms with Crippen molar-refractivity contribution in [3.63, 3.8) is 0 Å². The average Bonchev–Trinajstić information content (AvgIpc) is 2.37. The van der Waals surface area contributed by atoms with Crippen LogP contribution in [0.25, 0.3) is 0 Å². The van der Waals surface area contributed by atoms with Gasteiger partial charge in [0.05, 0.1) is 6.04 Å². The van der Waals surface area contributed by atoms with Gasteiger partial charge < -0.3 is 5.32 Å². The topological polar surface area (TPSA) is 12.0 Å². The van der Waals surface area contributed by atoms with Crippen molar-refractivity contribution in [3.8, 4) is 0 Å². The summed E-state index contributed by atoms with van der Waals surface area (Å²) in [6, 6.07) is 13.2. The van der Waals surface area contributed by atoms with Crippen molar-refractivity contribution in [2.24, 2.45) is 0 Å². The number of halogens is 1. The molecule has 1 nitrogen and oxygen atoms in total. The second kappa shape index (κ2) is 5.32. The van der Waals surface area contributed by atoms with Gasteiger partial charge in [0, 0.05) is 0 Å². The first-order chi connectivity index (χ1) is 8.61. The van der Waals surface area contributed by atoms with Crippen LogP contribution in [-0.4, -0.2) is 7.05 Å². The average molecular weight is 243 g/mol. The summed E-state index contributed by atoms with van der Waals surface area (Å²) >= 11 is 0. The van der Waals surface area contributed by atoms with Crippen molar-refractivity contribution in [1.82, 2.24) is 5.32 Å². The molecule has 0 aliphatic rings. The smallest absolute Gasteiger partial charge is 0.123 e. The molecule has 2 aromatic rings. The van der Waals surface area contributed by atoms with Gasteiger partial charge in [0.25, 0.3) is 0 Å². The van der Waals surface area contributed by atoms with Gasteiger partial charge in [-0.25, -0.2) is 4.39 Å². The Hall–Kier alpha value is -1.67. The van der Waals surface area contributed by atoms with Gasteiger partial charge in [-0.05, 0) is 55.3 Å².